The highest BCUT2D eigenvalue weighted by Gasteiger charge is 1.95. The van der Waals surface area contributed by atoms with Crippen LogP contribution in [0.1, 0.15) is 33.4 Å². The molecule has 0 atom stereocenters. The monoisotopic (exact) mass is 199 g/mol. The summed E-state index contributed by atoms with van der Waals surface area (Å²) in [6, 6.07) is 0. The highest BCUT2D eigenvalue weighted by molar-refractivity contribution is 4.91. The molecule has 0 amide bonds. The molecule has 2 N–H and O–H groups in total. The predicted octanol–water partition coefficient (Wildman–Crippen LogP) is 2.45. The summed E-state index contributed by atoms with van der Waals surface area (Å²) in [6.07, 6.45) is 3.95. The summed E-state index contributed by atoms with van der Waals surface area (Å²) in [7, 11) is 1.50. The van der Waals surface area contributed by atoms with Gasteiger partial charge in [0.05, 0.1) is 12.0 Å². The van der Waals surface area contributed by atoms with Crippen molar-refractivity contribution >= 4 is 0 Å². The van der Waals surface area contributed by atoms with Crippen molar-refractivity contribution in [2.75, 3.05) is 7.05 Å². The lowest BCUT2D eigenvalue weighted by Crippen LogP contribution is -2.00. The molecular weight excluding hydrogens is 174 g/mol. The van der Waals surface area contributed by atoms with E-state index in [0.29, 0.717) is 5.92 Å². The first-order chi connectivity index (χ1) is 6.68. The number of rotatable bonds is 2. The summed E-state index contributed by atoms with van der Waals surface area (Å²) >= 11 is 0. The van der Waals surface area contributed by atoms with Crippen LogP contribution in [-0.2, 0) is 6.54 Å². The maximum absolute atomic E-state index is 4.50. The number of hydrogen-bond donors (Lipinski definition) is 1. The Morgan fingerprint density at radius 3 is 2.14 bits per heavy atom. The van der Waals surface area contributed by atoms with Crippen molar-refractivity contribution in [2.45, 2.75) is 41.2 Å². The highest BCUT2D eigenvalue weighted by atomic mass is 15.0. The smallest absolute Gasteiger partial charge is 0.0949 e. The first-order valence-corrected chi connectivity index (χ1v) is 5.24. The molecule has 1 aromatic rings. The number of aromatic nitrogens is 2. The van der Waals surface area contributed by atoms with Crippen molar-refractivity contribution in [2.24, 2.45) is 11.7 Å². The molecule has 1 heterocycles. The summed E-state index contributed by atoms with van der Waals surface area (Å²) in [5.74, 6) is 0.702. The third-order valence-electron chi connectivity index (χ3n) is 1.34. The molecule has 0 saturated heterocycles. The Balaban J connectivity index is 0. The van der Waals surface area contributed by atoms with Crippen molar-refractivity contribution in [1.82, 2.24) is 9.55 Å². The standard InChI is InChI=1S/C8H14N2.C2H6.CH5N/c1-7(2)4-10-5-8(3)9-6-10;2*1-2/h5-7H,4H2,1-3H3;1-2H3;2H2,1H3. The van der Waals surface area contributed by atoms with E-state index in [9.17, 15) is 0 Å². The molecule has 0 aromatic carbocycles. The molecule has 0 bridgehead atoms. The summed E-state index contributed by atoms with van der Waals surface area (Å²) in [4.78, 5) is 4.13. The quantitative estimate of drug-likeness (QED) is 0.795. The zero-order valence-corrected chi connectivity index (χ0v) is 10.4. The van der Waals surface area contributed by atoms with E-state index in [1.54, 1.807) is 0 Å². The fourth-order valence-electron chi connectivity index (χ4n) is 0.993. The maximum Gasteiger partial charge on any atom is 0.0949 e. The van der Waals surface area contributed by atoms with Gasteiger partial charge in [-0.1, -0.05) is 27.7 Å². The summed E-state index contributed by atoms with van der Waals surface area (Å²) < 4.78 is 2.12. The van der Waals surface area contributed by atoms with Crippen molar-refractivity contribution < 1.29 is 0 Å². The van der Waals surface area contributed by atoms with Gasteiger partial charge in [0.25, 0.3) is 0 Å². The third kappa shape index (κ3) is 7.80. The van der Waals surface area contributed by atoms with Gasteiger partial charge in [0, 0.05) is 12.7 Å². The number of nitrogens with zero attached hydrogens (tertiary/aromatic N) is 2. The van der Waals surface area contributed by atoms with Gasteiger partial charge in [0.1, 0.15) is 0 Å². The van der Waals surface area contributed by atoms with E-state index in [1.165, 1.54) is 7.05 Å². The number of nitrogens with two attached hydrogens (primary N) is 1. The van der Waals surface area contributed by atoms with Crippen LogP contribution in [0, 0.1) is 12.8 Å². The van der Waals surface area contributed by atoms with E-state index in [4.69, 9.17) is 0 Å². The molecule has 14 heavy (non-hydrogen) atoms. The van der Waals surface area contributed by atoms with Crippen molar-refractivity contribution in [3.05, 3.63) is 18.2 Å². The molecule has 0 saturated carbocycles. The summed E-state index contributed by atoms with van der Waals surface area (Å²) in [6.45, 7) is 11.5. The van der Waals surface area contributed by atoms with Gasteiger partial charge in [-0.05, 0) is 19.9 Å². The van der Waals surface area contributed by atoms with Crippen LogP contribution in [-0.4, -0.2) is 16.6 Å². The van der Waals surface area contributed by atoms with Crippen LogP contribution in [0.5, 0.6) is 0 Å². The van der Waals surface area contributed by atoms with E-state index in [2.05, 4.69) is 35.3 Å². The van der Waals surface area contributed by atoms with Crippen LogP contribution in [0.25, 0.3) is 0 Å². The first kappa shape index (κ1) is 15.6. The van der Waals surface area contributed by atoms with Gasteiger partial charge in [0.15, 0.2) is 0 Å². The number of aryl methyl sites for hydroxylation is 1. The Morgan fingerprint density at radius 2 is 1.86 bits per heavy atom. The minimum absolute atomic E-state index is 0.702. The van der Waals surface area contributed by atoms with Crippen LogP contribution in [0.4, 0.5) is 0 Å². The molecular formula is C11H25N3. The van der Waals surface area contributed by atoms with Gasteiger partial charge >= 0.3 is 0 Å². The molecule has 3 heteroatoms. The Hall–Kier alpha value is -0.830. The van der Waals surface area contributed by atoms with E-state index in [-0.39, 0.29) is 0 Å². The second kappa shape index (κ2) is 10.3. The highest BCUT2D eigenvalue weighted by Crippen LogP contribution is 1.99. The molecule has 0 aliphatic carbocycles. The van der Waals surface area contributed by atoms with Gasteiger partial charge in [0.2, 0.25) is 0 Å². The average molecular weight is 199 g/mol. The largest absolute Gasteiger partial charge is 0.337 e. The summed E-state index contributed by atoms with van der Waals surface area (Å²) in [5.41, 5.74) is 5.60. The molecule has 1 rings (SSSR count). The van der Waals surface area contributed by atoms with Gasteiger partial charge in [-0.25, -0.2) is 4.98 Å². The molecule has 3 nitrogen and oxygen atoms in total. The van der Waals surface area contributed by atoms with E-state index >= 15 is 0 Å². The molecule has 0 aliphatic rings. The lowest BCUT2D eigenvalue weighted by molar-refractivity contribution is 0.522. The summed E-state index contributed by atoms with van der Waals surface area (Å²) in [5, 5.41) is 0. The second-order valence-corrected chi connectivity index (χ2v) is 3.11. The van der Waals surface area contributed by atoms with Crippen molar-refractivity contribution in [3.63, 3.8) is 0 Å². The lowest BCUT2D eigenvalue weighted by Gasteiger charge is -2.03. The zero-order chi connectivity index (χ0) is 11.6. The Kier molecular flexibility index (Phi) is 11.4. The molecule has 0 fully saturated rings. The fourth-order valence-corrected chi connectivity index (χ4v) is 0.993. The van der Waals surface area contributed by atoms with Crippen LogP contribution in [0.3, 0.4) is 0 Å². The van der Waals surface area contributed by atoms with Gasteiger partial charge in [-0.2, -0.15) is 0 Å². The van der Waals surface area contributed by atoms with Crippen LogP contribution >= 0.6 is 0 Å². The van der Waals surface area contributed by atoms with Gasteiger partial charge in [-0.3, -0.25) is 0 Å². The Morgan fingerprint density at radius 1 is 1.36 bits per heavy atom. The van der Waals surface area contributed by atoms with Crippen molar-refractivity contribution in [1.29, 1.82) is 0 Å². The molecule has 0 aliphatic heterocycles. The van der Waals surface area contributed by atoms with Crippen LogP contribution in [0.2, 0.25) is 0 Å². The first-order valence-electron chi connectivity index (χ1n) is 5.24. The second-order valence-electron chi connectivity index (χ2n) is 3.11. The van der Waals surface area contributed by atoms with E-state index < -0.39 is 0 Å². The molecule has 0 radical (unpaired) electrons. The van der Waals surface area contributed by atoms with Gasteiger partial charge in [-0.15, -0.1) is 0 Å². The molecule has 0 spiro atoms. The number of hydrogen-bond acceptors (Lipinski definition) is 2. The molecule has 84 valence electrons. The minimum Gasteiger partial charge on any atom is -0.337 e. The fraction of sp³-hybridized carbons (Fsp3) is 0.727. The Bertz CT molecular complexity index is 204. The van der Waals surface area contributed by atoms with Crippen molar-refractivity contribution in [3.8, 4) is 0 Å². The van der Waals surface area contributed by atoms with Gasteiger partial charge < -0.3 is 10.3 Å². The van der Waals surface area contributed by atoms with E-state index in [0.717, 1.165) is 12.2 Å². The molecule has 0 unspecified atom stereocenters. The SMILES string of the molecule is CC.CN.Cc1cn(CC(C)C)cn1. The normalized spacial score (nSPS) is 8.57. The van der Waals surface area contributed by atoms with Crippen LogP contribution < -0.4 is 5.73 Å². The van der Waals surface area contributed by atoms with E-state index in [1.807, 2.05) is 27.1 Å². The topological polar surface area (TPSA) is 43.8 Å². The maximum atomic E-state index is 4.50. The molecule has 1 aromatic heterocycles. The van der Waals surface area contributed by atoms with Crippen LogP contribution in [0.15, 0.2) is 12.5 Å². The number of imidazole rings is 1. The Labute approximate surface area is 88.3 Å². The predicted molar refractivity (Wildman–Crippen MR) is 63.3 cm³/mol. The zero-order valence-electron chi connectivity index (χ0n) is 10.4. The third-order valence-corrected chi connectivity index (χ3v) is 1.34. The lowest BCUT2D eigenvalue weighted by atomic mass is 10.2. The minimum atomic E-state index is 0.702. The average Bonchev–Trinajstić information content (AvgIpc) is 2.57.